The van der Waals surface area contributed by atoms with Crippen LogP contribution >= 0.6 is 35.0 Å². The average Bonchev–Trinajstić information content (AvgIpc) is 2.98. The van der Waals surface area contributed by atoms with E-state index in [0.717, 1.165) is 11.1 Å². The van der Waals surface area contributed by atoms with Gasteiger partial charge in [-0.25, -0.2) is 0 Å². The molecule has 1 aromatic heterocycles. The molecule has 26 heavy (non-hydrogen) atoms. The van der Waals surface area contributed by atoms with Gasteiger partial charge in [0, 0.05) is 10.6 Å². The molecule has 0 aliphatic heterocycles. The molecule has 1 amide bonds. The molecule has 1 heterocycles. The van der Waals surface area contributed by atoms with Gasteiger partial charge in [0.2, 0.25) is 5.91 Å². The number of hydrogen-bond donors (Lipinski definition) is 1. The highest BCUT2D eigenvalue weighted by Gasteiger charge is 2.20. The van der Waals surface area contributed by atoms with Gasteiger partial charge in [-0.1, -0.05) is 65.3 Å². The summed E-state index contributed by atoms with van der Waals surface area (Å²) in [6, 6.07) is 15.1. The first kappa shape index (κ1) is 18.8. The summed E-state index contributed by atoms with van der Waals surface area (Å²) in [5.74, 6) is 0.199. The molecule has 0 spiro atoms. The van der Waals surface area contributed by atoms with Crippen LogP contribution in [0.3, 0.4) is 0 Å². The topological polar surface area (TPSA) is 73.8 Å². The van der Waals surface area contributed by atoms with Gasteiger partial charge in [-0.3, -0.25) is 9.36 Å². The van der Waals surface area contributed by atoms with Gasteiger partial charge in [-0.15, -0.1) is 10.2 Å². The summed E-state index contributed by atoms with van der Waals surface area (Å²) in [6.45, 7) is 2.28. The van der Waals surface area contributed by atoms with Crippen LogP contribution in [-0.2, 0) is 11.3 Å². The van der Waals surface area contributed by atoms with Gasteiger partial charge >= 0.3 is 0 Å². The van der Waals surface area contributed by atoms with Gasteiger partial charge in [0.1, 0.15) is 0 Å². The lowest BCUT2D eigenvalue weighted by Crippen LogP contribution is -2.23. The number of carbonyl (C=O) groups excluding carboxylic acids is 1. The minimum absolute atomic E-state index is 0.407. The Kier molecular flexibility index (Phi) is 5.86. The Morgan fingerprint density at radius 2 is 1.92 bits per heavy atom. The zero-order chi connectivity index (χ0) is 18.7. The number of rotatable bonds is 6. The number of hydrogen-bond acceptors (Lipinski definition) is 4. The molecule has 0 aliphatic carbocycles. The minimum atomic E-state index is -0.428. The van der Waals surface area contributed by atoms with Gasteiger partial charge in [0.15, 0.2) is 11.0 Å². The van der Waals surface area contributed by atoms with Crippen molar-refractivity contribution in [2.24, 2.45) is 5.73 Å². The smallest absolute Gasteiger partial charge is 0.230 e. The van der Waals surface area contributed by atoms with E-state index >= 15 is 0 Å². The zero-order valence-electron chi connectivity index (χ0n) is 13.9. The summed E-state index contributed by atoms with van der Waals surface area (Å²) in [7, 11) is 0. The first-order chi connectivity index (χ1) is 12.5. The normalized spacial score (nSPS) is 12.1. The van der Waals surface area contributed by atoms with Crippen molar-refractivity contribution in [1.29, 1.82) is 0 Å². The van der Waals surface area contributed by atoms with Gasteiger partial charge in [0.25, 0.3) is 0 Å². The molecule has 3 rings (SSSR count). The van der Waals surface area contributed by atoms with Crippen LogP contribution in [0.25, 0.3) is 11.4 Å². The summed E-state index contributed by atoms with van der Waals surface area (Å²) in [5.41, 5.74) is 7.19. The number of halogens is 2. The summed E-state index contributed by atoms with van der Waals surface area (Å²) in [4.78, 5) is 11.4. The molecule has 0 fully saturated rings. The third-order valence-corrected chi connectivity index (χ3v) is 5.40. The number of amides is 1. The minimum Gasteiger partial charge on any atom is -0.369 e. The van der Waals surface area contributed by atoms with Crippen LogP contribution < -0.4 is 5.73 Å². The zero-order valence-corrected chi connectivity index (χ0v) is 16.2. The molecule has 5 nitrogen and oxygen atoms in total. The lowest BCUT2D eigenvalue weighted by molar-refractivity contribution is -0.117. The fourth-order valence-electron chi connectivity index (χ4n) is 2.37. The van der Waals surface area contributed by atoms with Crippen molar-refractivity contribution < 1.29 is 4.79 Å². The fraction of sp³-hybridized carbons (Fsp3) is 0.167. The van der Waals surface area contributed by atoms with Crippen molar-refractivity contribution >= 4 is 40.9 Å². The molecule has 0 unspecified atom stereocenters. The van der Waals surface area contributed by atoms with Crippen LogP contribution in [0.15, 0.2) is 53.7 Å². The number of nitrogens with zero attached hydrogens (tertiary/aromatic N) is 3. The Hall–Kier alpha value is -2.02. The summed E-state index contributed by atoms with van der Waals surface area (Å²) in [6.07, 6.45) is 0. The average molecular weight is 407 g/mol. The molecule has 2 N–H and O–H groups in total. The third-order valence-electron chi connectivity index (χ3n) is 3.76. The Balaban J connectivity index is 2.06. The largest absolute Gasteiger partial charge is 0.369 e. The van der Waals surface area contributed by atoms with Crippen LogP contribution in [0.1, 0.15) is 12.5 Å². The Labute approximate surface area is 165 Å². The molecule has 3 aromatic rings. The van der Waals surface area contributed by atoms with Crippen molar-refractivity contribution in [3.05, 3.63) is 64.1 Å². The van der Waals surface area contributed by atoms with Crippen molar-refractivity contribution in [1.82, 2.24) is 14.8 Å². The van der Waals surface area contributed by atoms with E-state index in [4.69, 9.17) is 28.9 Å². The molecular weight excluding hydrogens is 391 g/mol. The predicted octanol–water partition coefficient (Wildman–Crippen LogP) is 4.27. The van der Waals surface area contributed by atoms with Crippen LogP contribution in [0.4, 0.5) is 0 Å². The van der Waals surface area contributed by atoms with Gasteiger partial charge in [-0.2, -0.15) is 0 Å². The number of nitrogens with two attached hydrogens (primary N) is 1. The van der Waals surface area contributed by atoms with E-state index in [1.165, 1.54) is 11.8 Å². The maximum atomic E-state index is 11.4. The number of aromatic nitrogens is 3. The van der Waals surface area contributed by atoms with Crippen LogP contribution in [0, 0.1) is 0 Å². The Morgan fingerprint density at radius 3 is 2.58 bits per heavy atom. The third kappa shape index (κ3) is 4.20. The van der Waals surface area contributed by atoms with E-state index in [-0.39, 0.29) is 0 Å². The number of carbonyl (C=O) groups is 1. The summed E-state index contributed by atoms with van der Waals surface area (Å²) >= 11 is 13.6. The second kappa shape index (κ2) is 8.12. The van der Waals surface area contributed by atoms with Crippen LogP contribution in [-0.4, -0.2) is 25.9 Å². The maximum Gasteiger partial charge on any atom is 0.230 e. The molecule has 0 radical (unpaired) electrons. The predicted molar refractivity (Wildman–Crippen MR) is 106 cm³/mol. The van der Waals surface area contributed by atoms with Crippen molar-refractivity contribution in [3.8, 4) is 11.4 Å². The quantitative estimate of drug-likeness (QED) is 0.620. The molecule has 8 heteroatoms. The van der Waals surface area contributed by atoms with Crippen molar-refractivity contribution in [2.75, 3.05) is 0 Å². The number of benzene rings is 2. The van der Waals surface area contributed by atoms with Crippen LogP contribution in [0.2, 0.25) is 10.0 Å². The van der Waals surface area contributed by atoms with E-state index in [1.807, 2.05) is 41.0 Å². The second-order valence-corrected chi connectivity index (χ2v) is 7.82. The van der Waals surface area contributed by atoms with E-state index in [0.29, 0.717) is 27.6 Å². The number of thioether (sulfide) groups is 1. The lowest BCUT2D eigenvalue weighted by Gasteiger charge is -2.13. The number of primary amides is 1. The van der Waals surface area contributed by atoms with Crippen molar-refractivity contribution in [3.63, 3.8) is 0 Å². The van der Waals surface area contributed by atoms with E-state index in [1.54, 1.807) is 19.1 Å². The second-order valence-electron chi connectivity index (χ2n) is 5.66. The molecule has 134 valence electrons. The Bertz CT molecular complexity index is 930. The van der Waals surface area contributed by atoms with Crippen LogP contribution in [0.5, 0.6) is 0 Å². The van der Waals surface area contributed by atoms with Gasteiger partial charge in [0.05, 0.1) is 16.8 Å². The summed E-state index contributed by atoms with van der Waals surface area (Å²) in [5, 5.41) is 9.75. The van der Waals surface area contributed by atoms with E-state index in [9.17, 15) is 4.79 Å². The lowest BCUT2D eigenvalue weighted by atomic mass is 10.2. The summed E-state index contributed by atoms with van der Waals surface area (Å²) < 4.78 is 1.93. The molecular formula is C18H16Cl2N4OS. The molecule has 0 saturated heterocycles. The van der Waals surface area contributed by atoms with E-state index in [2.05, 4.69) is 10.2 Å². The molecule has 0 bridgehead atoms. The van der Waals surface area contributed by atoms with Gasteiger partial charge < -0.3 is 5.73 Å². The SMILES string of the molecule is C[C@H](Sc1nnc(-c2ccc(Cl)cc2Cl)n1Cc1ccccc1)C(N)=O. The first-order valence-corrected chi connectivity index (χ1v) is 9.48. The molecule has 0 saturated carbocycles. The van der Waals surface area contributed by atoms with Crippen molar-refractivity contribution in [2.45, 2.75) is 23.9 Å². The first-order valence-electron chi connectivity index (χ1n) is 7.84. The molecule has 1 atom stereocenters. The maximum absolute atomic E-state index is 11.4. The fourth-order valence-corrected chi connectivity index (χ4v) is 3.66. The van der Waals surface area contributed by atoms with Gasteiger partial charge in [-0.05, 0) is 30.7 Å². The monoisotopic (exact) mass is 406 g/mol. The highest BCUT2D eigenvalue weighted by atomic mass is 35.5. The highest BCUT2D eigenvalue weighted by Crippen LogP contribution is 2.32. The standard InChI is InChI=1S/C18H16Cl2N4OS/c1-11(16(21)25)26-18-23-22-17(14-8-7-13(19)9-15(14)20)24(18)10-12-5-3-2-4-6-12/h2-9,11H,10H2,1H3,(H2,21,25)/t11-/m0/s1. The van der Waals surface area contributed by atoms with E-state index < -0.39 is 11.2 Å². The Morgan fingerprint density at radius 1 is 1.19 bits per heavy atom. The molecule has 2 aromatic carbocycles. The highest BCUT2D eigenvalue weighted by molar-refractivity contribution is 8.00. The molecule has 0 aliphatic rings.